The van der Waals surface area contributed by atoms with Gasteiger partial charge in [0.2, 0.25) is 0 Å². The summed E-state index contributed by atoms with van der Waals surface area (Å²) in [6.45, 7) is 3.10. The summed E-state index contributed by atoms with van der Waals surface area (Å²) in [5.41, 5.74) is 0.900. The van der Waals surface area contributed by atoms with Crippen LogP contribution in [-0.2, 0) is 9.53 Å². The number of carbonyl (C=O) groups excluding carboxylic acids is 1. The first-order valence-corrected chi connectivity index (χ1v) is 4.38. The fraction of sp³-hybridized carbons (Fsp3) is 0.250. The van der Waals surface area contributed by atoms with Gasteiger partial charge in [-0.15, -0.1) is 5.92 Å². The summed E-state index contributed by atoms with van der Waals surface area (Å²) in [4.78, 5) is 10.8. The van der Waals surface area contributed by atoms with Gasteiger partial charge >= 0.3 is 5.97 Å². The molecule has 1 rings (SSSR count). The Bertz CT molecular complexity index is 357. The molecule has 1 aromatic rings. The van der Waals surface area contributed by atoms with Crippen LogP contribution in [0.1, 0.15) is 25.5 Å². The Hall–Kier alpha value is -1.75. The van der Waals surface area contributed by atoms with Gasteiger partial charge in [0.25, 0.3) is 0 Å². The largest absolute Gasteiger partial charge is 0.444 e. The number of hydrogen-bond acceptors (Lipinski definition) is 2. The van der Waals surface area contributed by atoms with Crippen LogP contribution in [0.15, 0.2) is 30.3 Å². The Balaban J connectivity index is 2.87. The van der Waals surface area contributed by atoms with Crippen LogP contribution in [0, 0.1) is 11.8 Å². The lowest BCUT2D eigenvalue weighted by atomic mass is 10.1. The lowest BCUT2D eigenvalue weighted by Gasteiger charge is -2.10. The van der Waals surface area contributed by atoms with Crippen molar-refractivity contribution in [1.82, 2.24) is 0 Å². The van der Waals surface area contributed by atoms with E-state index in [2.05, 4.69) is 11.8 Å². The fourth-order valence-corrected chi connectivity index (χ4v) is 1.11. The summed E-state index contributed by atoms with van der Waals surface area (Å²) in [5.74, 6) is 5.26. The van der Waals surface area contributed by atoms with E-state index in [0.29, 0.717) is 0 Å². The van der Waals surface area contributed by atoms with E-state index in [1.807, 2.05) is 30.3 Å². The van der Waals surface area contributed by atoms with Gasteiger partial charge in [-0.25, -0.2) is 0 Å². The Morgan fingerprint density at radius 3 is 2.50 bits per heavy atom. The van der Waals surface area contributed by atoms with E-state index < -0.39 is 6.10 Å². The number of rotatable bonds is 2. The Kier molecular flexibility index (Phi) is 3.75. The standard InChI is InChI=1S/C12H12O2/c1-3-7-12(14-10(2)13)11-8-5-4-6-9-11/h4-6,8-9,12H,1-2H3. The molecule has 0 saturated heterocycles. The highest BCUT2D eigenvalue weighted by Gasteiger charge is 2.10. The van der Waals surface area contributed by atoms with Gasteiger partial charge in [-0.3, -0.25) is 4.79 Å². The molecular weight excluding hydrogens is 176 g/mol. The third-order valence-corrected chi connectivity index (χ3v) is 1.66. The number of hydrogen-bond donors (Lipinski definition) is 0. The number of benzene rings is 1. The molecule has 0 spiro atoms. The van der Waals surface area contributed by atoms with E-state index >= 15 is 0 Å². The topological polar surface area (TPSA) is 26.3 Å². The summed E-state index contributed by atoms with van der Waals surface area (Å²) in [5, 5.41) is 0. The molecular formula is C12H12O2. The molecule has 1 aromatic carbocycles. The third-order valence-electron chi connectivity index (χ3n) is 1.66. The van der Waals surface area contributed by atoms with Crippen LogP contribution >= 0.6 is 0 Å². The minimum Gasteiger partial charge on any atom is -0.444 e. The molecule has 0 fully saturated rings. The van der Waals surface area contributed by atoms with E-state index in [9.17, 15) is 4.79 Å². The van der Waals surface area contributed by atoms with Gasteiger partial charge in [0.15, 0.2) is 6.10 Å². The van der Waals surface area contributed by atoms with Gasteiger partial charge in [-0.2, -0.15) is 0 Å². The van der Waals surface area contributed by atoms with Crippen LogP contribution in [0.2, 0.25) is 0 Å². The van der Waals surface area contributed by atoms with Crippen molar-refractivity contribution in [2.75, 3.05) is 0 Å². The maximum atomic E-state index is 10.8. The molecule has 0 radical (unpaired) electrons. The molecule has 14 heavy (non-hydrogen) atoms. The molecule has 1 atom stereocenters. The summed E-state index contributed by atoms with van der Waals surface area (Å²) >= 11 is 0. The highest BCUT2D eigenvalue weighted by atomic mass is 16.5. The molecule has 1 unspecified atom stereocenters. The SMILES string of the molecule is CC#CC(OC(C)=O)c1ccccc1. The first-order chi connectivity index (χ1) is 6.74. The minimum absolute atomic E-state index is 0.318. The molecule has 2 heteroatoms. The zero-order valence-electron chi connectivity index (χ0n) is 8.28. The van der Waals surface area contributed by atoms with Crippen molar-refractivity contribution in [2.45, 2.75) is 20.0 Å². The van der Waals surface area contributed by atoms with E-state index in [1.54, 1.807) is 6.92 Å². The van der Waals surface area contributed by atoms with Crippen LogP contribution in [0.4, 0.5) is 0 Å². The van der Waals surface area contributed by atoms with Crippen molar-refractivity contribution >= 4 is 5.97 Å². The second kappa shape index (κ2) is 5.08. The van der Waals surface area contributed by atoms with Crippen molar-refractivity contribution in [3.05, 3.63) is 35.9 Å². The molecule has 2 nitrogen and oxygen atoms in total. The second-order valence-corrected chi connectivity index (χ2v) is 2.79. The van der Waals surface area contributed by atoms with Gasteiger partial charge in [0.1, 0.15) is 0 Å². The second-order valence-electron chi connectivity index (χ2n) is 2.79. The lowest BCUT2D eigenvalue weighted by molar-refractivity contribution is -0.144. The van der Waals surface area contributed by atoms with E-state index in [-0.39, 0.29) is 5.97 Å². The maximum absolute atomic E-state index is 10.8. The summed E-state index contributed by atoms with van der Waals surface area (Å²) in [6, 6.07) is 9.47. The van der Waals surface area contributed by atoms with Crippen LogP contribution in [0.3, 0.4) is 0 Å². The summed E-state index contributed by atoms with van der Waals surface area (Å²) < 4.78 is 5.06. The Labute approximate surface area is 83.9 Å². The van der Waals surface area contributed by atoms with Crippen molar-refractivity contribution in [1.29, 1.82) is 0 Å². The van der Waals surface area contributed by atoms with Gasteiger partial charge in [-0.05, 0) is 6.92 Å². The predicted octanol–water partition coefficient (Wildman–Crippen LogP) is 2.31. The van der Waals surface area contributed by atoms with Crippen molar-refractivity contribution < 1.29 is 9.53 Å². The van der Waals surface area contributed by atoms with E-state index in [4.69, 9.17) is 4.74 Å². The third kappa shape index (κ3) is 2.95. The van der Waals surface area contributed by atoms with Crippen LogP contribution in [0.25, 0.3) is 0 Å². The number of ether oxygens (including phenoxy) is 1. The zero-order chi connectivity index (χ0) is 10.4. The first kappa shape index (κ1) is 10.3. The molecule has 0 aromatic heterocycles. The van der Waals surface area contributed by atoms with Crippen molar-refractivity contribution in [2.24, 2.45) is 0 Å². The molecule has 0 amide bonds. The van der Waals surface area contributed by atoms with Gasteiger partial charge < -0.3 is 4.74 Å². The van der Waals surface area contributed by atoms with Gasteiger partial charge in [-0.1, -0.05) is 36.3 Å². The monoisotopic (exact) mass is 188 g/mol. The van der Waals surface area contributed by atoms with Crippen molar-refractivity contribution in [3.8, 4) is 11.8 Å². The average Bonchev–Trinajstić information content (AvgIpc) is 2.18. The molecule has 0 saturated carbocycles. The smallest absolute Gasteiger partial charge is 0.304 e. The molecule has 0 bridgehead atoms. The van der Waals surface area contributed by atoms with Crippen LogP contribution in [0.5, 0.6) is 0 Å². The number of esters is 1. The normalized spacial score (nSPS) is 11.0. The first-order valence-electron chi connectivity index (χ1n) is 4.38. The number of carbonyl (C=O) groups is 1. The summed E-state index contributed by atoms with van der Waals surface area (Å²) in [7, 11) is 0. The fourth-order valence-electron chi connectivity index (χ4n) is 1.11. The Morgan fingerprint density at radius 1 is 1.36 bits per heavy atom. The molecule has 0 aliphatic heterocycles. The maximum Gasteiger partial charge on any atom is 0.304 e. The predicted molar refractivity (Wildman–Crippen MR) is 54.4 cm³/mol. The average molecular weight is 188 g/mol. The van der Waals surface area contributed by atoms with Crippen LogP contribution in [-0.4, -0.2) is 5.97 Å². The molecule has 0 heterocycles. The summed E-state index contributed by atoms with van der Waals surface area (Å²) in [6.07, 6.45) is -0.446. The van der Waals surface area contributed by atoms with E-state index in [0.717, 1.165) is 5.56 Å². The molecule has 72 valence electrons. The Morgan fingerprint density at radius 2 is 2.00 bits per heavy atom. The quantitative estimate of drug-likeness (QED) is 0.526. The van der Waals surface area contributed by atoms with Gasteiger partial charge in [0.05, 0.1) is 0 Å². The minimum atomic E-state index is -0.446. The lowest BCUT2D eigenvalue weighted by Crippen LogP contribution is -2.06. The molecule has 0 aliphatic carbocycles. The highest BCUT2D eigenvalue weighted by molar-refractivity contribution is 5.66. The zero-order valence-corrected chi connectivity index (χ0v) is 8.28. The molecule has 0 N–H and O–H groups in total. The van der Waals surface area contributed by atoms with Gasteiger partial charge in [0, 0.05) is 12.5 Å². The van der Waals surface area contributed by atoms with Crippen molar-refractivity contribution in [3.63, 3.8) is 0 Å². The van der Waals surface area contributed by atoms with E-state index in [1.165, 1.54) is 6.92 Å². The molecule has 0 aliphatic rings. The van der Waals surface area contributed by atoms with Crippen LogP contribution < -0.4 is 0 Å². The highest BCUT2D eigenvalue weighted by Crippen LogP contribution is 2.15.